The second-order valence-corrected chi connectivity index (χ2v) is 14.3. The van der Waals surface area contributed by atoms with E-state index in [4.69, 9.17) is 0 Å². The summed E-state index contributed by atoms with van der Waals surface area (Å²) in [5, 5.41) is 43.6. The minimum Gasteiger partial charge on any atom is -0.394 e. The third-order valence-electron chi connectivity index (χ3n) is 9.57. The van der Waals surface area contributed by atoms with Gasteiger partial charge in [-0.3, -0.25) is 4.79 Å². The molecule has 0 rings (SSSR count). The summed E-state index contributed by atoms with van der Waals surface area (Å²) < 4.78 is 0. The zero-order valence-electron chi connectivity index (χ0n) is 32.2. The summed E-state index contributed by atoms with van der Waals surface area (Å²) in [5.74, 6) is -0.603. The molecule has 0 saturated heterocycles. The Morgan fingerprint density at radius 3 is 1.39 bits per heavy atom. The van der Waals surface area contributed by atoms with Gasteiger partial charge in [0.25, 0.3) is 0 Å². The van der Waals surface area contributed by atoms with Gasteiger partial charge in [0.05, 0.1) is 18.8 Å². The Morgan fingerprint density at radius 1 is 0.510 bits per heavy atom. The molecule has 0 saturated carbocycles. The van der Waals surface area contributed by atoms with Gasteiger partial charge < -0.3 is 25.7 Å². The zero-order valence-corrected chi connectivity index (χ0v) is 32.2. The molecule has 6 nitrogen and oxygen atoms in total. The number of carbonyl (C=O) groups excluding carboxylic acids is 1. The van der Waals surface area contributed by atoms with E-state index in [0.717, 1.165) is 57.8 Å². The molecule has 0 aromatic rings. The molecule has 288 valence electrons. The van der Waals surface area contributed by atoms with Crippen LogP contribution >= 0.6 is 0 Å². The van der Waals surface area contributed by atoms with Crippen molar-refractivity contribution >= 4 is 5.91 Å². The van der Waals surface area contributed by atoms with Crippen LogP contribution in [0.3, 0.4) is 0 Å². The fourth-order valence-electron chi connectivity index (χ4n) is 6.20. The smallest absolute Gasteiger partial charge is 0.249 e. The molecule has 0 radical (unpaired) electrons. The van der Waals surface area contributed by atoms with Crippen molar-refractivity contribution in [3.63, 3.8) is 0 Å². The second-order valence-electron chi connectivity index (χ2n) is 14.3. The standard InChI is InChI=1S/C43H81NO5/c1-3-5-7-9-11-13-15-17-19-21-23-24-26-28-30-32-34-36-40(46)42(48)39(38-45)44-43(49)41(47)37-35-33-31-29-27-25-22-20-18-16-14-12-10-8-6-4-2/h12,14,18,20,28,30,39-42,45-48H,3-11,13,15-17,19,21-27,29,31-38H2,1-2H3,(H,44,49)/b14-12-,20-18-,30-28+. The Balaban J connectivity index is 3.83. The first kappa shape index (κ1) is 47.5. The minimum absolute atomic E-state index is 0.350. The van der Waals surface area contributed by atoms with E-state index in [1.54, 1.807) is 0 Å². The molecule has 1 amide bonds. The van der Waals surface area contributed by atoms with Crippen LogP contribution in [-0.4, -0.2) is 57.3 Å². The SMILES string of the molecule is CCCCC/C=C\C/C=C\CCCCCCCCC(O)C(=O)NC(CO)C(O)C(O)CCC/C=C/CCCCCCCCCCCCCC. The number of aliphatic hydroxyl groups is 4. The number of nitrogens with one attached hydrogen (secondary N) is 1. The van der Waals surface area contributed by atoms with Crippen LogP contribution in [0.4, 0.5) is 0 Å². The van der Waals surface area contributed by atoms with Crippen LogP contribution in [0.5, 0.6) is 0 Å². The van der Waals surface area contributed by atoms with E-state index < -0.39 is 36.9 Å². The molecule has 0 heterocycles. The molecule has 0 bridgehead atoms. The number of unbranched alkanes of at least 4 members (excludes halogenated alkanes) is 22. The van der Waals surface area contributed by atoms with Crippen molar-refractivity contribution < 1.29 is 25.2 Å². The van der Waals surface area contributed by atoms with Crippen molar-refractivity contribution in [3.05, 3.63) is 36.5 Å². The van der Waals surface area contributed by atoms with Gasteiger partial charge in [-0.2, -0.15) is 0 Å². The second kappa shape index (κ2) is 37.8. The van der Waals surface area contributed by atoms with Crippen molar-refractivity contribution in [1.29, 1.82) is 0 Å². The molecule has 0 aliphatic heterocycles. The largest absolute Gasteiger partial charge is 0.394 e. The van der Waals surface area contributed by atoms with E-state index in [-0.39, 0.29) is 0 Å². The Hall–Kier alpha value is -1.47. The average Bonchev–Trinajstić information content (AvgIpc) is 3.11. The maximum atomic E-state index is 12.5. The third-order valence-corrected chi connectivity index (χ3v) is 9.57. The topological polar surface area (TPSA) is 110 Å². The Morgan fingerprint density at radius 2 is 0.898 bits per heavy atom. The predicted molar refractivity (Wildman–Crippen MR) is 210 cm³/mol. The summed E-state index contributed by atoms with van der Waals surface area (Å²) in [5.41, 5.74) is 0. The van der Waals surface area contributed by atoms with Gasteiger partial charge in [-0.05, 0) is 70.6 Å². The van der Waals surface area contributed by atoms with Crippen molar-refractivity contribution in [2.45, 2.75) is 224 Å². The number of hydrogen-bond donors (Lipinski definition) is 5. The van der Waals surface area contributed by atoms with Gasteiger partial charge in [0.1, 0.15) is 12.2 Å². The number of rotatable bonds is 37. The van der Waals surface area contributed by atoms with Crippen LogP contribution in [0, 0.1) is 0 Å². The van der Waals surface area contributed by atoms with Crippen molar-refractivity contribution in [2.24, 2.45) is 0 Å². The quantitative estimate of drug-likeness (QED) is 0.0329. The van der Waals surface area contributed by atoms with Crippen LogP contribution in [0.15, 0.2) is 36.5 Å². The van der Waals surface area contributed by atoms with E-state index in [9.17, 15) is 25.2 Å². The summed E-state index contributed by atoms with van der Waals surface area (Å²) in [6.07, 6.45) is 43.1. The fraction of sp³-hybridized carbons (Fsp3) is 0.837. The van der Waals surface area contributed by atoms with Crippen LogP contribution in [-0.2, 0) is 4.79 Å². The number of carbonyl (C=O) groups is 1. The van der Waals surface area contributed by atoms with Crippen LogP contribution in [0.1, 0.15) is 200 Å². The first-order valence-corrected chi connectivity index (χ1v) is 20.9. The third kappa shape index (κ3) is 32.2. The highest BCUT2D eigenvalue weighted by molar-refractivity contribution is 5.80. The van der Waals surface area contributed by atoms with Crippen LogP contribution in [0.2, 0.25) is 0 Å². The van der Waals surface area contributed by atoms with E-state index >= 15 is 0 Å². The summed E-state index contributed by atoms with van der Waals surface area (Å²) in [7, 11) is 0. The lowest BCUT2D eigenvalue weighted by Crippen LogP contribution is -2.53. The molecule has 4 atom stereocenters. The maximum Gasteiger partial charge on any atom is 0.249 e. The zero-order chi connectivity index (χ0) is 36.0. The maximum absolute atomic E-state index is 12.5. The minimum atomic E-state index is -1.28. The molecule has 0 fully saturated rings. The molecule has 6 heteroatoms. The molecule has 0 aliphatic rings. The lowest BCUT2D eigenvalue weighted by Gasteiger charge is -2.27. The molecule has 0 aromatic carbocycles. The molecular weight excluding hydrogens is 610 g/mol. The van der Waals surface area contributed by atoms with Crippen molar-refractivity contribution in [3.8, 4) is 0 Å². The van der Waals surface area contributed by atoms with E-state index in [2.05, 4.69) is 55.6 Å². The number of aliphatic hydroxyl groups excluding tert-OH is 4. The normalized spacial score (nSPS) is 14.7. The Bertz CT molecular complexity index is 782. The monoisotopic (exact) mass is 692 g/mol. The summed E-state index contributed by atoms with van der Waals surface area (Å²) in [6, 6.07) is -1.01. The van der Waals surface area contributed by atoms with E-state index in [1.165, 1.54) is 116 Å². The first-order valence-electron chi connectivity index (χ1n) is 20.9. The van der Waals surface area contributed by atoms with Gasteiger partial charge >= 0.3 is 0 Å². The van der Waals surface area contributed by atoms with Gasteiger partial charge in [-0.15, -0.1) is 0 Å². The highest BCUT2D eigenvalue weighted by atomic mass is 16.3. The summed E-state index contributed by atoms with van der Waals surface area (Å²) in [4.78, 5) is 12.5. The lowest BCUT2D eigenvalue weighted by molar-refractivity contribution is -0.132. The van der Waals surface area contributed by atoms with Gasteiger partial charge in [0, 0.05) is 0 Å². The molecular formula is C43H81NO5. The Labute approximate surface area is 303 Å². The van der Waals surface area contributed by atoms with Crippen molar-refractivity contribution in [1.82, 2.24) is 5.32 Å². The summed E-state index contributed by atoms with van der Waals surface area (Å²) in [6.45, 7) is 4.00. The van der Waals surface area contributed by atoms with Gasteiger partial charge in [-0.25, -0.2) is 0 Å². The lowest BCUT2D eigenvalue weighted by atomic mass is 10.00. The average molecular weight is 692 g/mol. The van der Waals surface area contributed by atoms with Crippen LogP contribution < -0.4 is 5.32 Å². The summed E-state index contributed by atoms with van der Waals surface area (Å²) >= 11 is 0. The highest BCUT2D eigenvalue weighted by Crippen LogP contribution is 2.15. The number of allylic oxidation sites excluding steroid dienone is 6. The fourth-order valence-corrected chi connectivity index (χ4v) is 6.20. The first-order chi connectivity index (χ1) is 24.0. The van der Waals surface area contributed by atoms with E-state index in [0.29, 0.717) is 12.8 Å². The molecule has 4 unspecified atom stereocenters. The number of hydrogen-bond acceptors (Lipinski definition) is 5. The molecule has 0 aromatic heterocycles. The van der Waals surface area contributed by atoms with Crippen LogP contribution in [0.25, 0.3) is 0 Å². The highest BCUT2D eigenvalue weighted by Gasteiger charge is 2.28. The molecule has 0 aliphatic carbocycles. The van der Waals surface area contributed by atoms with Gasteiger partial charge in [0.15, 0.2) is 0 Å². The molecule has 49 heavy (non-hydrogen) atoms. The molecule has 0 spiro atoms. The Kier molecular flexibility index (Phi) is 36.6. The number of amides is 1. The van der Waals surface area contributed by atoms with Crippen molar-refractivity contribution in [2.75, 3.05) is 6.61 Å². The predicted octanol–water partition coefficient (Wildman–Crippen LogP) is 10.6. The van der Waals surface area contributed by atoms with Gasteiger partial charge in [-0.1, -0.05) is 166 Å². The van der Waals surface area contributed by atoms with E-state index in [1.807, 2.05) is 0 Å². The van der Waals surface area contributed by atoms with Gasteiger partial charge in [0.2, 0.25) is 5.91 Å². The molecule has 5 N–H and O–H groups in total.